The van der Waals surface area contributed by atoms with Crippen LogP contribution in [-0.2, 0) is 11.2 Å². The van der Waals surface area contributed by atoms with Crippen molar-refractivity contribution in [2.24, 2.45) is 0 Å². The lowest BCUT2D eigenvalue weighted by atomic mass is 10.2. The van der Waals surface area contributed by atoms with Crippen LogP contribution in [0.5, 0.6) is 0 Å². The minimum absolute atomic E-state index is 0.0176. The van der Waals surface area contributed by atoms with Gasteiger partial charge in [-0.15, -0.1) is 0 Å². The Labute approximate surface area is 106 Å². The fraction of sp³-hybridized carbons (Fsp3) is 0.583. The number of nitrogens with zero attached hydrogens (tertiary/aromatic N) is 2. The van der Waals surface area contributed by atoms with E-state index in [1.54, 1.807) is 0 Å². The number of hydrogen-bond donors (Lipinski definition) is 2. The number of H-pyrrole nitrogens is 1. The molecule has 0 radical (unpaired) electrons. The lowest BCUT2D eigenvalue weighted by Gasteiger charge is -2.28. The predicted molar refractivity (Wildman–Crippen MR) is 69.0 cm³/mol. The van der Waals surface area contributed by atoms with Crippen LogP contribution < -0.4 is 10.5 Å². The molecule has 0 aliphatic heterocycles. The second kappa shape index (κ2) is 6.18. The predicted octanol–water partition coefficient (Wildman–Crippen LogP) is 1.02. The molecule has 0 amide bonds. The quantitative estimate of drug-likeness (QED) is 0.790. The molecule has 0 aliphatic carbocycles. The maximum atomic E-state index is 11.5. The Morgan fingerprint density at radius 1 is 1.56 bits per heavy atom. The Bertz CT molecular complexity index is 470. The van der Waals surface area contributed by atoms with Crippen LogP contribution in [0.3, 0.4) is 0 Å². The van der Waals surface area contributed by atoms with Gasteiger partial charge in [0.2, 0.25) is 0 Å². The highest BCUT2D eigenvalue weighted by Crippen LogP contribution is 2.14. The summed E-state index contributed by atoms with van der Waals surface area (Å²) in [6, 6.07) is 1.20. The van der Waals surface area contributed by atoms with Crippen molar-refractivity contribution in [3.8, 4) is 0 Å². The van der Waals surface area contributed by atoms with Crippen molar-refractivity contribution in [1.29, 1.82) is 0 Å². The first-order valence-electron chi connectivity index (χ1n) is 6.06. The van der Waals surface area contributed by atoms with Crippen LogP contribution in [0.1, 0.15) is 33.0 Å². The molecule has 0 aliphatic rings. The fourth-order valence-electron chi connectivity index (χ4n) is 1.87. The average molecular weight is 253 g/mol. The minimum atomic E-state index is -0.860. The highest BCUT2D eigenvalue weighted by molar-refractivity contribution is 5.68. The second-order valence-corrected chi connectivity index (χ2v) is 4.14. The van der Waals surface area contributed by atoms with Gasteiger partial charge in [-0.25, -0.2) is 4.98 Å². The normalized spacial score (nSPS) is 12.2. The van der Waals surface area contributed by atoms with Gasteiger partial charge in [-0.1, -0.05) is 6.92 Å². The van der Waals surface area contributed by atoms with Gasteiger partial charge in [-0.05, 0) is 13.8 Å². The molecule has 1 rings (SSSR count). The fourth-order valence-corrected chi connectivity index (χ4v) is 1.87. The first-order valence-corrected chi connectivity index (χ1v) is 6.06. The summed E-state index contributed by atoms with van der Waals surface area (Å²) >= 11 is 0. The monoisotopic (exact) mass is 253 g/mol. The van der Waals surface area contributed by atoms with Gasteiger partial charge in [0.05, 0.1) is 6.42 Å². The number of anilines is 1. The lowest BCUT2D eigenvalue weighted by molar-refractivity contribution is -0.137. The van der Waals surface area contributed by atoms with E-state index in [-0.39, 0.29) is 18.0 Å². The van der Waals surface area contributed by atoms with E-state index in [2.05, 4.69) is 9.97 Å². The van der Waals surface area contributed by atoms with Gasteiger partial charge in [0.15, 0.2) is 0 Å². The first kappa shape index (κ1) is 14.2. The van der Waals surface area contributed by atoms with E-state index >= 15 is 0 Å². The van der Waals surface area contributed by atoms with Gasteiger partial charge in [-0.3, -0.25) is 9.59 Å². The summed E-state index contributed by atoms with van der Waals surface area (Å²) in [5.74, 6) is 0.284. The van der Waals surface area contributed by atoms with E-state index < -0.39 is 5.97 Å². The molecule has 0 saturated heterocycles. The van der Waals surface area contributed by atoms with E-state index in [4.69, 9.17) is 5.11 Å². The number of carboxylic acids is 1. The maximum Gasteiger partial charge on any atom is 0.305 e. The molecule has 1 aromatic rings. The number of aromatic nitrogens is 2. The number of carboxylic acid groups (broad SMARTS) is 1. The molecular formula is C12H19N3O3. The standard InChI is InChI=1S/C12H19N3O3/c1-4-9-13-10(7-11(16)14-9)15(5-2)8(3)6-12(17)18/h7-8H,4-6H2,1-3H3,(H,17,18)(H,13,14,16). The molecule has 6 heteroatoms. The van der Waals surface area contributed by atoms with Crippen molar-refractivity contribution in [2.45, 2.75) is 39.7 Å². The van der Waals surface area contributed by atoms with Gasteiger partial charge in [0.25, 0.3) is 5.56 Å². The summed E-state index contributed by atoms with van der Waals surface area (Å²) < 4.78 is 0. The van der Waals surface area contributed by atoms with Crippen LogP contribution in [0.2, 0.25) is 0 Å². The Kier molecular flexibility index (Phi) is 4.88. The molecule has 1 heterocycles. The van der Waals surface area contributed by atoms with Gasteiger partial charge in [-0.2, -0.15) is 0 Å². The molecule has 18 heavy (non-hydrogen) atoms. The second-order valence-electron chi connectivity index (χ2n) is 4.14. The molecule has 100 valence electrons. The summed E-state index contributed by atoms with van der Waals surface area (Å²) in [6.07, 6.45) is 0.651. The molecule has 0 bridgehead atoms. The molecule has 0 aromatic carbocycles. The highest BCUT2D eigenvalue weighted by atomic mass is 16.4. The maximum absolute atomic E-state index is 11.5. The number of carbonyl (C=O) groups is 1. The SMILES string of the molecule is CCc1nc(N(CC)C(C)CC(=O)O)cc(=O)[nH]1. The third-order valence-electron chi connectivity index (χ3n) is 2.75. The number of aromatic amines is 1. The Balaban J connectivity index is 3.04. The van der Waals surface area contributed by atoms with Crippen molar-refractivity contribution >= 4 is 11.8 Å². The lowest BCUT2D eigenvalue weighted by Crippen LogP contribution is -2.36. The van der Waals surface area contributed by atoms with Gasteiger partial charge < -0.3 is 15.0 Å². The van der Waals surface area contributed by atoms with E-state index in [9.17, 15) is 9.59 Å². The van der Waals surface area contributed by atoms with Gasteiger partial charge in [0.1, 0.15) is 11.6 Å². The molecule has 6 nitrogen and oxygen atoms in total. The number of aryl methyl sites for hydroxylation is 1. The van der Waals surface area contributed by atoms with E-state index in [0.29, 0.717) is 24.6 Å². The number of rotatable bonds is 6. The number of aliphatic carboxylic acids is 1. The summed E-state index contributed by atoms with van der Waals surface area (Å²) in [5.41, 5.74) is -0.210. The van der Waals surface area contributed by atoms with Crippen molar-refractivity contribution in [3.63, 3.8) is 0 Å². The molecule has 0 spiro atoms. The van der Waals surface area contributed by atoms with Crippen molar-refractivity contribution in [1.82, 2.24) is 9.97 Å². The largest absolute Gasteiger partial charge is 0.481 e. The summed E-state index contributed by atoms with van der Waals surface area (Å²) in [5, 5.41) is 8.82. The van der Waals surface area contributed by atoms with Crippen molar-refractivity contribution in [3.05, 3.63) is 22.2 Å². The van der Waals surface area contributed by atoms with Gasteiger partial charge >= 0.3 is 5.97 Å². The van der Waals surface area contributed by atoms with Crippen LogP contribution in [0.4, 0.5) is 5.82 Å². The van der Waals surface area contributed by atoms with E-state index in [0.717, 1.165) is 0 Å². The summed E-state index contributed by atoms with van der Waals surface area (Å²) in [4.78, 5) is 31.0. The smallest absolute Gasteiger partial charge is 0.305 e. The first-order chi connectivity index (χ1) is 8.47. The minimum Gasteiger partial charge on any atom is -0.481 e. The summed E-state index contributed by atoms with van der Waals surface area (Å²) in [7, 11) is 0. The Morgan fingerprint density at radius 2 is 2.22 bits per heavy atom. The number of hydrogen-bond acceptors (Lipinski definition) is 4. The van der Waals surface area contributed by atoms with E-state index in [1.165, 1.54) is 6.07 Å². The average Bonchev–Trinajstić information content (AvgIpc) is 2.28. The Hall–Kier alpha value is -1.85. The van der Waals surface area contributed by atoms with Gasteiger partial charge in [0, 0.05) is 25.1 Å². The molecule has 1 aromatic heterocycles. The third-order valence-corrected chi connectivity index (χ3v) is 2.75. The van der Waals surface area contributed by atoms with Crippen LogP contribution in [0, 0.1) is 0 Å². The molecule has 0 fully saturated rings. The van der Waals surface area contributed by atoms with Crippen LogP contribution in [0.25, 0.3) is 0 Å². The zero-order chi connectivity index (χ0) is 13.7. The molecule has 1 atom stereocenters. The van der Waals surface area contributed by atoms with E-state index in [1.807, 2.05) is 25.7 Å². The topological polar surface area (TPSA) is 86.3 Å². The van der Waals surface area contributed by atoms with Crippen LogP contribution >= 0.6 is 0 Å². The number of nitrogens with one attached hydrogen (secondary N) is 1. The van der Waals surface area contributed by atoms with Crippen molar-refractivity contribution in [2.75, 3.05) is 11.4 Å². The van der Waals surface area contributed by atoms with Crippen LogP contribution in [-0.4, -0.2) is 33.6 Å². The zero-order valence-corrected chi connectivity index (χ0v) is 10.9. The molecule has 1 unspecified atom stereocenters. The Morgan fingerprint density at radius 3 is 2.72 bits per heavy atom. The van der Waals surface area contributed by atoms with Crippen LogP contribution in [0.15, 0.2) is 10.9 Å². The third kappa shape index (κ3) is 3.58. The van der Waals surface area contributed by atoms with Crippen molar-refractivity contribution < 1.29 is 9.90 Å². The molecular weight excluding hydrogens is 234 g/mol. The summed E-state index contributed by atoms with van der Waals surface area (Å²) in [6.45, 7) is 6.23. The molecule has 0 saturated carbocycles. The zero-order valence-electron chi connectivity index (χ0n) is 10.9. The highest BCUT2D eigenvalue weighted by Gasteiger charge is 2.17. The molecule has 2 N–H and O–H groups in total.